The smallest absolute Gasteiger partial charge is 0.338 e. The second kappa shape index (κ2) is 8.60. The lowest BCUT2D eigenvalue weighted by Crippen LogP contribution is -2.15. The number of hydrogen-bond acceptors (Lipinski definition) is 5. The fraction of sp³-hybridized carbons (Fsp3) is 0.160. The summed E-state index contributed by atoms with van der Waals surface area (Å²) in [4.78, 5) is 24.7. The van der Waals surface area contributed by atoms with Crippen molar-refractivity contribution in [1.82, 2.24) is 9.97 Å². The standard InChI is InChI=1S/C25H22N4O3.ClH/c1-13(2)27-23(26)14-8-9-19-20(10-14)29-24(28-19)22-11-17-15-6-4-5-7-16(15)18(25(30)31-3)12-21(17)32-22;/h4-13H,1-3H3,(H2,26,27)(H,28,29);1H. The van der Waals surface area contributed by atoms with Crippen LogP contribution in [0.4, 0.5) is 0 Å². The van der Waals surface area contributed by atoms with Gasteiger partial charge in [0.2, 0.25) is 0 Å². The van der Waals surface area contributed by atoms with Crippen LogP contribution in [0.3, 0.4) is 0 Å². The van der Waals surface area contributed by atoms with Gasteiger partial charge >= 0.3 is 5.97 Å². The first-order chi connectivity index (χ1) is 15.4. The average molecular weight is 463 g/mol. The van der Waals surface area contributed by atoms with Gasteiger partial charge in [0.1, 0.15) is 11.4 Å². The number of aromatic nitrogens is 2. The summed E-state index contributed by atoms with van der Waals surface area (Å²) < 4.78 is 11.1. The van der Waals surface area contributed by atoms with E-state index >= 15 is 0 Å². The lowest BCUT2D eigenvalue weighted by molar-refractivity contribution is 0.0603. The molecule has 5 aromatic rings. The number of carbonyl (C=O) groups is 1. The number of H-pyrrole nitrogens is 1. The van der Waals surface area contributed by atoms with Gasteiger partial charge in [0.25, 0.3) is 0 Å². The van der Waals surface area contributed by atoms with Crippen LogP contribution in [0, 0.1) is 0 Å². The van der Waals surface area contributed by atoms with Gasteiger partial charge in [-0.15, -0.1) is 12.4 Å². The molecule has 0 fully saturated rings. The van der Waals surface area contributed by atoms with E-state index in [9.17, 15) is 4.79 Å². The van der Waals surface area contributed by atoms with E-state index in [-0.39, 0.29) is 18.4 Å². The van der Waals surface area contributed by atoms with Gasteiger partial charge in [-0.1, -0.05) is 24.3 Å². The number of methoxy groups -OCH3 is 1. The largest absolute Gasteiger partial charge is 0.465 e. The SMILES string of the molecule is COC(=O)c1cc2oc(-c3nc4ccc(C(N)=NC(C)C)cc4[nH]3)cc2c2ccccc12.Cl. The van der Waals surface area contributed by atoms with Gasteiger partial charge in [-0.3, -0.25) is 4.99 Å². The predicted molar refractivity (Wildman–Crippen MR) is 133 cm³/mol. The molecule has 0 aliphatic carbocycles. The van der Waals surface area contributed by atoms with Crippen LogP contribution in [0.15, 0.2) is 64.0 Å². The highest BCUT2D eigenvalue weighted by Gasteiger charge is 2.18. The first kappa shape index (κ1) is 22.4. The molecular formula is C25H23ClN4O3. The number of ether oxygens (including phenoxy) is 1. The molecule has 0 amide bonds. The molecule has 2 heterocycles. The Bertz CT molecular complexity index is 1530. The molecule has 0 bridgehead atoms. The van der Waals surface area contributed by atoms with Gasteiger partial charge in [-0.05, 0) is 55.0 Å². The van der Waals surface area contributed by atoms with E-state index < -0.39 is 5.97 Å². The van der Waals surface area contributed by atoms with E-state index in [1.54, 1.807) is 6.07 Å². The van der Waals surface area contributed by atoms with Crippen molar-refractivity contribution in [3.63, 3.8) is 0 Å². The van der Waals surface area contributed by atoms with Crippen molar-refractivity contribution in [3.8, 4) is 11.6 Å². The number of aromatic amines is 1. The van der Waals surface area contributed by atoms with E-state index in [4.69, 9.17) is 14.9 Å². The molecule has 0 saturated heterocycles. The Morgan fingerprint density at radius 2 is 1.85 bits per heavy atom. The van der Waals surface area contributed by atoms with Crippen LogP contribution in [-0.4, -0.2) is 34.9 Å². The van der Waals surface area contributed by atoms with Crippen molar-refractivity contribution in [2.75, 3.05) is 7.11 Å². The molecule has 0 saturated carbocycles. The summed E-state index contributed by atoms with van der Waals surface area (Å²) in [6.45, 7) is 3.97. The molecule has 33 heavy (non-hydrogen) atoms. The number of carbonyl (C=O) groups excluding carboxylic acids is 1. The number of benzene rings is 3. The zero-order valence-electron chi connectivity index (χ0n) is 18.4. The highest BCUT2D eigenvalue weighted by molar-refractivity contribution is 6.15. The predicted octanol–water partition coefficient (Wildman–Crippen LogP) is 5.45. The number of aliphatic imine (C=N–C) groups is 1. The van der Waals surface area contributed by atoms with Crippen molar-refractivity contribution in [3.05, 3.63) is 65.7 Å². The fourth-order valence-electron chi connectivity index (χ4n) is 3.92. The van der Waals surface area contributed by atoms with Crippen molar-refractivity contribution < 1.29 is 13.9 Å². The maximum atomic E-state index is 12.3. The molecule has 0 spiro atoms. The molecule has 5 rings (SSSR count). The first-order valence-electron chi connectivity index (χ1n) is 10.3. The summed E-state index contributed by atoms with van der Waals surface area (Å²) in [5.74, 6) is 1.26. The highest BCUT2D eigenvalue weighted by Crippen LogP contribution is 2.34. The first-order valence-corrected chi connectivity index (χ1v) is 10.3. The summed E-state index contributed by atoms with van der Waals surface area (Å²) in [7, 11) is 1.37. The molecule has 3 aromatic carbocycles. The van der Waals surface area contributed by atoms with Crippen LogP contribution >= 0.6 is 12.4 Å². The highest BCUT2D eigenvalue weighted by atomic mass is 35.5. The second-order valence-corrected chi connectivity index (χ2v) is 7.91. The van der Waals surface area contributed by atoms with E-state index in [0.717, 1.165) is 32.8 Å². The van der Waals surface area contributed by atoms with Gasteiger partial charge in [-0.2, -0.15) is 0 Å². The van der Waals surface area contributed by atoms with Crippen LogP contribution in [0.5, 0.6) is 0 Å². The summed E-state index contributed by atoms with van der Waals surface area (Å²) in [5, 5.41) is 2.63. The van der Waals surface area contributed by atoms with E-state index in [1.165, 1.54) is 7.11 Å². The van der Waals surface area contributed by atoms with Gasteiger partial charge in [0.15, 0.2) is 11.6 Å². The maximum Gasteiger partial charge on any atom is 0.338 e. The molecule has 0 unspecified atom stereocenters. The summed E-state index contributed by atoms with van der Waals surface area (Å²) in [6.07, 6.45) is 0. The Morgan fingerprint density at radius 1 is 1.09 bits per heavy atom. The molecule has 0 aliphatic heterocycles. The van der Waals surface area contributed by atoms with Crippen LogP contribution in [-0.2, 0) is 4.74 Å². The van der Waals surface area contributed by atoms with E-state index in [1.807, 2.05) is 62.4 Å². The van der Waals surface area contributed by atoms with Crippen molar-refractivity contribution in [1.29, 1.82) is 0 Å². The Kier molecular flexibility index (Phi) is 5.82. The number of furan rings is 1. The molecule has 2 aromatic heterocycles. The Labute approximate surface area is 196 Å². The minimum Gasteiger partial charge on any atom is -0.465 e. The number of rotatable bonds is 4. The molecule has 0 radical (unpaired) electrons. The summed E-state index contributed by atoms with van der Waals surface area (Å²) >= 11 is 0. The number of halogens is 1. The zero-order valence-corrected chi connectivity index (χ0v) is 19.2. The number of nitrogens with one attached hydrogen (secondary N) is 1. The number of esters is 1. The third-order valence-corrected chi connectivity index (χ3v) is 5.36. The number of nitrogens with zero attached hydrogens (tertiary/aromatic N) is 2. The van der Waals surface area contributed by atoms with E-state index in [2.05, 4.69) is 15.0 Å². The molecular weight excluding hydrogens is 440 g/mol. The second-order valence-electron chi connectivity index (χ2n) is 7.91. The normalized spacial score (nSPS) is 11.9. The zero-order chi connectivity index (χ0) is 22.4. The number of imidazole rings is 1. The molecule has 3 N–H and O–H groups in total. The Hall–Kier alpha value is -3.84. The lowest BCUT2D eigenvalue weighted by atomic mass is 10.0. The number of hydrogen-bond donors (Lipinski definition) is 2. The Balaban J connectivity index is 0.00000259. The van der Waals surface area contributed by atoms with Gasteiger partial charge < -0.3 is 19.9 Å². The molecule has 0 atom stereocenters. The minimum absolute atomic E-state index is 0. The van der Waals surface area contributed by atoms with Gasteiger partial charge in [0, 0.05) is 17.0 Å². The van der Waals surface area contributed by atoms with Gasteiger partial charge in [-0.25, -0.2) is 9.78 Å². The topological polar surface area (TPSA) is 106 Å². The third-order valence-electron chi connectivity index (χ3n) is 5.36. The number of fused-ring (bicyclic) bond motifs is 4. The van der Waals surface area contributed by atoms with Crippen LogP contribution < -0.4 is 5.73 Å². The van der Waals surface area contributed by atoms with Crippen LogP contribution in [0.25, 0.3) is 44.4 Å². The summed E-state index contributed by atoms with van der Waals surface area (Å²) in [5.41, 5.74) is 9.63. The third kappa shape index (κ3) is 3.91. The molecule has 8 heteroatoms. The number of amidine groups is 1. The molecule has 0 aliphatic rings. The van der Waals surface area contributed by atoms with Crippen LogP contribution in [0.1, 0.15) is 29.8 Å². The average Bonchev–Trinajstić information content (AvgIpc) is 3.41. The van der Waals surface area contributed by atoms with Crippen molar-refractivity contribution in [2.24, 2.45) is 10.7 Å². The minimum atomic E-state index is -0.405. The Morgan fingerprint density at radius 3 is 2.58 bits per heavy atom. The number of nitrogens with two attached hydrogens (primary N) is 1. The monoisotopic (exact) mass is 462 g/mol. The van der Waals surface area contributed by atoms with Gasteiger partial charge in [0.05, 0.1) is 23.7 Å². The summed E-state index contributed by atoms with van der Waals surface area (Å²) in [6, 6.07) is 17.2. The fourth-order valence-corrected chi connectivity index (χ4v) is 3.92. The van der Waals surface area contributed by atoms with Crippen molar-refractivity contribution >= 4 is 57.0 Å². The quantitative estimate of drug-likeness (QED) is 0.210. The maximum absolute atomic E-state index is 12.3. The van der Waals surface area contributed by atoms with Crippen LogP contribution in [0.2, 0.25) is 0 Å². The molecule has 7 nitrogen and oxygen atoms in total. The van der Waals surface area contributed by atoms with Crippen molar-refractivity contribution in [2.45, 2.75) is 19.9 Å². The van der Waals surface area contributed by atoms with E-state index in [0.29, 0.717) is 28.6 Å². The lowest BCUT2D eigenvalue weighted by Gasteiger charge is -2.05. The molecule has 168 valence electrons.